The summed E-state index contributed by atoms with van der Waals surface area (Å²) in [7, 11) is 1.63. The summed E-state index contributed by atoms with van der Waals surface area (Å²) in [6.45, 7) is 5.07. The van der Waals surface area contributed by atoms with E-state index in [-0.39, 0.29) is 12.1 Å². The second kappa shape index (κ2) is 7.29. The SMILES string of the molecule is COc1ccc2oc(C(C)NC(=O)NCCn3ccnc3)c(C)c2c1. The van der Waals surface area contributed by atoms with Gasteiger partial charge in [0.2, 0.25) is 0 Å². The average molecular weight is 342 g/mol. The number of furan rings is 1. The molecule has 7 nitrogen and oxygen atoms in total. The van der Waals surface area contributed by atoms with Crippen LogP contribution in [0.3, 0.4) is 0 Å². The lowest BCUT2D eigenvalue weighted by Gasteiger charge is -2.13. The Morgan fingerprint density at radius 3 is 3.00 bits per heavy atom. The zero-order valence-corrected chi connectivity index (χ0v) is 14.6. The third-order valence-electron chi connectivity index (χ3n) is 4.14. The molecule has 0 fully saturated rings. The monoisotopic (exact) mass is 342 g/mol. The van der Waals surface area contributed by atoms with Crippen molar-refractivity contribution >= 4 is 17.0 Å². The molecule has 2 N–H and O–H groups in total. The van der Waals surface area contributed by atoms with E-state index in [1.165, 1.54) is 0 Å². The number of ether oxygens (including phenoxy) is 1. The van der Waals surface area contributed by atoms with Crippen LogP contribution in [-0.4, -0.2) is 29.2 Å². The summed E-state index contributed by atoms with van der Waals surface area (Å²) in [4.78, 5) is 16.0. The molecule has 25 heavy (non-hydrogen) atoms. The number of hydrogen-bond acceptors (Lipinski definition) is 4. The molecule has 0 radical (unpaired) electrons. The molecular weight excluding hydrogens is 320 g/mol. The molecule has 1 aromatic carbocycles. The summed E-state index contributed by atoms with van der Waals surface area (Å²) in [5.74, 6) is 1.52. The van der Waals surface area contributed by atoms with E-state index in [1.807, 2.05) is 42.8 Å². The number of imidazole rings is 1. The zero-order valence-electron chi connectivity index (χ0n) is 14.6. The fourth-order valence-corrected chi connectivity index (χ4v) is 2.79. The molecule has 3 rings (SSSR count). The van der Waals surface area contributed by atoms with Crippen LogP contribution in [0.5, 0.6) is 5.75 Å². The van der Waals surface area contributed by atoms with Crippen LogP contribution in [0.2, 0.25) is 0 Å². The summed E-state index contributed by atoms with van der Waals surface area (Å²) in [6.07, 6.45) is 5.28. The van der Waals surface area contributed by atoms with E-state index in [4.69, 9.17) is 9.15 Å². The molecule has 0 aliphatic rings. The minimum atomic E-state index is -0.244. The number of aryl methyl sites for hydroxylation is 1. The molecule has 0 aliphatic heterocycles. The van der Waals surface area contributed by atoms with Crippen molar-refractivity contribution in [1.29, 1.82) is 0 Å². The van der Waals surface area contributed by atoms with Gasteiger partial charge < -0.3 is 24.4 Å². The van der Waals surface area contributed by atoms with Gasteiger partial charge in [-0.1, -0.05) is 0 Å². The standard InChI is InChI=1S/C18H22N4O3/c1-12-15-10-14(24-3)4-5-16(15)25-17(12)13(2)21-18(23)20-7-9-22-8-6-19-11-22/h4-6,8,10-11,13H,7,9H2,1-3H3,(H2,20,21,23). The first-order chi connectivity index (χ1) is 12.1. The lowest BCUT2D eigenvalue weighted by molar-refractivity contribution is 0.236. The molecule has 7 heteroatoms. The molecule has 1 atom stereocenters. The van der Waals surface area contributed by atoms with Gasteiger partial charge in [0.25, 0.3) is 0 Å². The number of urea groups is 1. The fourth-order valence-electron chi connectivity index (χ4n) is 2.79. The molecule has 2 aromatic heterocycles. The van der Waals surface area contributed by atoms with Crippen LogP contribution in [0.15, 0.2) is 41.3 Å². The maximum Gasteiger partial charge on any atom is 0.315 e. The Bertz CT molecular complexity index is 855. The van der Waals surface area contributed by atoms with Gasteiger partial charge in [-0.25, -0.2) is 9.78 Å². The topological polar surface area (TPSA) is 81.3 Å². The number of carbonyl (C=O) groups is 1. The van der Waals surface area contributed by atoms with E-state index in [2.05, 4.69) is 15.6 Å². The van der Waals surface area contributed by atoms with Crippen molar-refractivity contribution < 1.29 is 13.9 Å². The molecule has 0 saturated heterocycles. The third kappa shape index (κ3) is 3.76. The number of carbonyl (C=O) groups excluding carboxylic acids is 1. The van der Waals surface area contributed by atoms with E-state index in [0.29, 0.717) is 13.1 Å². The summed E-state index contributed by atoms with van der Waals surface area (Å²) < 4.78 is 13.1. The first-order valence-corrected chi connectivity index (χ1v) is 8.15. The lowest BCUT2D eigenvalue weighted by atomic mass is 10.1. The Morgan fingerprint density at radius 1 is 1.44 bits per heavy atom. The molecule has 0 saturated carbocycles. The van der Waals surface area contributed by atoms with Crippen LogP contribution in [0.25, 0.3) is 11.0 Å². The van der Waals surface area contributed by atoms with Crippen molar-refractivity contribution in [2.24, 2.45) is 0 Å². The van der Waals surface area contributed by atoms with Crippen LogP contribution in [0, 0.1) is 6.92 Å². The predicted molar refractivity (Wildman–Crippen MR) is 94.7 cm³/mol. The van der Waals surface area contributed by atoms with Crippen molar-refractivity contribution in [3.05, 3.63) is 48.2 Å². The van der Waals surface area contributed by atoms with Crippen molar-refractivity contribution in [2.75, 3.05) is 13.7 Å². The number of nitrogens with zero attached hydrogens (tertiary/aromatic N) is 2. The largest absolute Gasteiger partial charge is 0.497 e. The number of hydrogen-bond donors (Lipinski definition) is 2. The van der Waals surface area contributed by atoms with Crippen LogP contribution in [-0.2, 0) is 6.54 Å². The van der Waals surface area contributed by atoms with Gasteiger partial charge in [-0.3, -0.25) is 0 Å². The second-order valence-electron chi connectivity index (χ2n) is 5.88. The van der Waals surface area contributed by atoms with Gasteiger partial charge in [0.15, 0.2) is 0 Å². The summed E-state index contributed by atoms with van der Waals surface area (Å²) >= 11 is 0. The number of fused-ring (bicyclic) bond motifs is 1. The van der Waals surface area contributed by atoms with Gasteiger partial charge in [-0.2, -0.15) is 0 Å². The van der Waals surface area contributed by atoms with Crippen molar-refractivity contribution in [1.82, 2.24) is 20.2 Å². The Labute approximate surface area is 146 Å². The van der Waals surface area contributed by atoms with Crippen LogP contribution >= 0.6 is 0 Å². The van der Waals surface area contributed by atoms with Crippen LogP contribution in [0.1, 0.15) is 24.3 Å². The quantitative estimate of drug-likeness (QED) is 0.721. The van der Waals surface area contributed by atoms with E-state index < -0.39 is 0 Å². The fraction of sp³-hybridized carbons (Fsp3) is 0.333. The van der Waals surface area contributed by atoms with Gasteiger partial charge in [0, 0.05) is 36.4 Å². The molecule has 1 unspecified atom stereocenters. The van der Waals surface area contributed by atoms with Gasteiger partial charge in [-0.05, 0) is 32.0 Å². The van der Waals surface area contributed by atoms with E-state index in [1.54, 1.807) is 19.6 Å². The smallest absolute Gasteiger partial charge is 0.315 e. The maximum atomic E-state index is 12.1. The summed E-state index contributed by atoms with van der Waals surface area (Å²) in [5, 5.41) is 6.73. The third-order valence-corrected chi connectivity index (χ3v) is 4.14. The van der Waals surface area contributed by atoms with E-state index >= 15 is 0 Å². The highest BCUT2D eigenvalue weighted by atomic mass is 16.5. The molecule has 0 bridgehead atoms. The Balaban J connectivity index is 1.62. The van der Waals surface area contributed by atoms with E-state index in [0.717, 1.165) is 28.0 Å². The Morgan fingerprint density at radius 2 is 2.28 bits per heavy atom. The minimum Gasteiger partial charge on any atom is -0.497 e. The second-order valence-corrected chi connectivity index (χ2v) is 5.88. The molecule has 2 amide bonds. The van der Waals surface area contributed by atoms with Crippen molar-refractivity contribution in [3.8, 4) is 5.75 Å². The molecule has 2 heterocycles. The predicted octanol–water partition coefficient (Wildman–Crippen LogP) is 3.01. The van der Waals surface area contributed by atoms with Crippen molar-refractivity contribution in [2.45, 2.75) is 26.4 Å². The highest BCUT2D eigenvalue weighted by Crippen LogP contribution is 2.31. The van der Waals surface area contributed by atoms with Gasteiger partial charge in [0.05, 0.1) is 19.5 Å². The van der Waals surface area contributed by atoms with Gasteiger partial charge >= 0.3 is 6.03 Å². The molecule has 3 aromatic rings. The number of methoxy groups -OCH3 is 1. The van der Waals surface area contributed by atoms with Gasteiger partial charge in [0.1, 0.15) is 17.1 Å². The Kier molecular flexibility index (Phi) is 4.92. The molecule has 0 spiro atoms. The number of aromatic nitrogens is 2. The molecular formula is C18H22N4O3. The number of nitrogens with one attached hydrogen (secondary N) is 2. The van der Waals surface area contributed by atoms with Crippen LogP contribution < -0.4 is 15.4 Å². The molecule has 132 valence electrons. The minimum absolute atomic E-state index is 0.231. The maximum absolute atomic E-state index is 12.1. The number of amides is 2. The highest BCUT2D eigenvalue weighted by Gasteiger charge is 2.18. The average Bonchev–Trinajstić information content (AvgIpc) is 3.23. The zero-order chi connectivity index (χ0) is 17.8. The number of benzene rings is 1. The van der Waals surface area contributed by atoms with E-state index in [9.17, 15) is 4.79 Å². The number of rotatable bonds is 6. The summed E-state index contributed by atoms with van der Waals surface area (Å²) in [6, 6.07) is 5.20. The summed E-state index contributed by atoms with van der Waals surface area (Å²) in [5.41, 5.74) is 1.78. The normalized spacial score (nSPS) is 12.1. The lowest BCUT2D eigenvalue weighted by Crippen LogP contribution is -2.38. The molecule has 0 aliphatic carbocycles. The highest BCUT2D eigenvalue weighted by molar-refractivity contribution is 5.84. The first kappa shape index (κ1) is 16.9. The van der Waals surface area contributed by atoms with Crippen LogP contribution in [0.4, 0.5) is 4.79 Å². The Hall–Kier alpha value is -2.96. The van der Waals surface area contributed by atoms with Gasteiger partial charge in [-0.15, -0.1) is 0 Å². The van der Waals surface area contributed by atoms with Crippen molar-refractivity contribution in [3.63, 3.8) is 0 Å². The first-order valence-electron chi connectivity index (χ1n) is 8.15.